The Balaban J connectivity index is 2.41. The first-order valence-corrected chi connectivity index (χ1v) is 6.61. The average molecular weight is 232 g/mol. The minimum Gasteiger partial charge on any atom is -0.393 e. The van der Waals surface area contributed by atoms with Crippen LogP contribution < -0.4 is 0 Å². The van der Waals surface area contributed by atoms with Gasteiger partial charge in [-0.3, -0.25) is 0 Å². The molecule has 0 saturated heterocycles. The highest BCUT2D eigenvalue weighted by molar-refractivity contribution is 5.14. The molecule has 0 heterocycles. The highest BCUT2D eigenvalue weighted by Gasteiger charge is 2.15. The van der Waals surface area contributed by atoms with E-state index in [9.17, 15) is 5.11 Å². The summed E-state index contributed by atoms with van der Waals surface area (Å²) in [4.78, 5) is 0. The zero-order valence-electron chi connectivity index (χ0n) is 11.0. The first kappa shape index (κ1) is 14.0. The van der Waals surface area contributed by atoms with Gasteiger partial charge in [-0.25, -0.2) is 0 Å². The van der Waals surface area contributed by atoms with Crippen molar-refractivity contribution in [2.75, 3.05) is 0 Å². The third-order valence-corrected chi connectivity index (χ3v) is 3.33. The summed E-state index contributed by atoms with van der Waals surface area (Å²) in [6.45, 7) is 4.16. The van der Waals surface area contributed by atoms with E-state index in [2.05, 4.69) is 37.3 Å². The van der Waals surface area contributed by atoms with Gasteiger partial charge < -0.3 is 5.11 Å². The van der Waals surface area contributed by atoms with Crippen LogP contribution in [0.4, 0.5) is 0 Å². The lowest BCUT2D eigenvalue weighted by Gasteiger charge is -2.20. The van der Waals surface area contributed by atoms with E-state index in [1.807, 2.05) is 19.1 Å². The molecule has 0 aliphatic carbocycles. The van der Waals surface area contributed by atoms with Crippen molar-refractivity contribution in [1.29, 1.82) is 0 Å². The van der Waals surface area contributed by atoms with Crippen molar-refractivity contribution < 1.29 is 5.11 Å². The molecule has 1 nitrogen and oxygen atoms in total. The van der Waals surface area contributed by atoms with E-state index in [-0.39, 0.29) is 6.10 Å². The lowest BCUT2D eigenvalue weighted by molar-refractivity contribution is 0.103. The van der Waals surface area contributed by atoms with Gasteiger partial charge >= 0.3 is 0 Å². The molecule has 2 unspecified atom stereocenters. The second-order valence-electron chi connectivity index (χ2n) is 4.56. The Bertz CT molecular complexity index is 316. The Kier molecular flexibility index (Phi) is 6.64. The third-order valence-electron chi connectivity index (χ3n) is 3.33. The molecular formula is C16H24O. The van der Waals surface area contributed by atoms with Crippen LogP contribution in [0.3, 0.4) is 0 Å². The summed E-state index contributed by atoms with van der Waals surface area (Å²) in [5.41, 5.74) is 1.36. The van der Waals surface area contributed by atoms with Crippen molar-refractivity contribution in [3.63, 3.8) is 0 Å². The van der Waals surface area contributed by atoms with Crippen LogP contribution in [-0.4, -0.2) is 11.2 Å². The Hall–Kier alpha value is -1.08. The monoisotopic (exact) mass is 232 g/mol. The van der Waals surface area contributed by atoms with Gasteiger partial charge in [0.25, 0.3) is 0 Å². The molecule has 1 rings (SSSR count). The standard InChI is InChI=1S/C16H24O/c1-3-5-11-16(17)15(4-2)13-12-14-9-7-6-8-10-14/h3,5-10,15-17H,4,11-13H2,1-2H3/b5-3+. The fourth-order valence-corrected chi connectivity index (χ4v) is 2.13. The van der Waals surface area contributed by atoms with E-state index in [0.717, 1.165) is 25.7 Å². The van der Waals surface area contributed by atoms with Gasteiger partial charge in [-0.05, 0) is 37.7 Å². The molecule has 0 spiro atoms. The summed E-state index contributed by atoms with van der Waals surface area (Å²) in [5.74, 6) is 0.409. The molecule has 94 valence electrons. The Morgan fingerprint density at radius 3 is 2.53 bits per heavy atom. The summed E-state index contributed by atoms with van der Waals surface area (Å²) in [7, 11) is 0. The van der Waals surface area contributed by atoms with E-state index >= 15 is 0 Å². The fourth-order valence-electron chi connectivity index (χ4n) is 2.13. The number of benzene rings is 1. The van der Waals surface area contributed by atoms with Gasteiger partial charge in [0.2, 0.25) is 0 Å². The fraction of sp³-hybridized carbons (Fsp3) is 0.500. The largest absolute Gasteiger partial charge is 0.393 e. The van der Waals surface area contributed by atoms with Crippen molar-refractivity contribution in [2.24, 2.45) is 5.92 Å². The van der Waals surface area contributed by atoms with Gasteiger partial charge in [0, 0.05) is 0 Å². The predicted molar refractivity (Wildman–Crippen MR) is 74.0 cm³/mol. The highest BCUT2D eigenvalue weighted by atomic mass is 16.3. The number of hydrogen-bond donors (Lipinski definition) is 1. The number of aliphatic hydroxyl groups excluding tert-OH is 1. The van der Waals surface area contributed by atoms with Gasteiger partial charge in [0.15, 0.2) is 0 Å². The molecule has 0 fully saturated rings. The summed E-state index contributed by atoms with van der Waals surface area (Å²) in [6.07, 6.45) is 7.82. The topological polar surface area (TPSA) is 20.2 Å². The smallest absolute Gasteiger partial charge is 0.0602 e. The first-order valence-electron chi connectivity index (χ1n) is 6.61. The SMILES string of the molecule is C/C=C/CC(O)C(CC)CCc1ccccc1. The molecule has 0 aromatic heterocycles. The average Bonchev–Trinajstić information content (AvgIpc) is 2.38. The Labute approximate surface area is 105 Å². The van der Waals surface area contributed by atoms with Gasteiger partial charge in [-0.2, -0.15) is 0 Å². The quantitative estimate of drug-likeness (QED) is 0.705. The van der Waals surface area contributed by atoms with Gasteiger partial charge in [-0.1, -0.05) is 55.8 Å². The van der Waals surface area contributed by atoms with Crippen LogP contribution in [-0.2, 0) is 6.42 Å². The molecule has 1 aromatic rings. The van der Waals surface area contributed by atoms with Gasteiger partial charge in [0.1, 0.15) is 0 Å². The van der Waals surface area contributed by atoms with E-state index in [4.69, 9.17) is 0 Å². The lowest BCUT2D eigenvalue weighted by Crippen LogP contribution is -2.19. The van der Waals surface area contributed by atoms with Crippen molar-refractivity contribution in [3.05, 3.63) is 48.0 Å². The minimum absolute atomic E-state index is 0.195. The third kappa shape index (κ3) is 5.18. The molecule has 1 N–H and O–H groups in total. The highest BCUT2D eigenvalue weighted by Crippen LogP contribution is 2.19. The van der Waals surface area contributed by atoms with Gasteiger partial charge in [0.05, 0.1) is 6.10 Å². The molecule has 17 heavy (non-hydrogen) atoms. The number of hydrogen-bond acceptors (Lipinski definition) is 1. The summed E-state index contributed by atoms with van der Waals surface area (Å²) in [6, 6.07) is 10.5. The molecule has 1 heteroatoms. The van der Waals surface area contributed by atoms with Gasteiger partial charge in [-0.15, -0.1) is 0 Å². The molecule has 0 radical (unpaired) electrons. The first-order chi connectivity index (χ1) is 8.27. The van der Waals surface area contributed by atoms with Crippen LogP contribution in [0.2, 0.25) is 0 Å². The van der Waals surface area contributed by atoms with E-state index in [0.29, 0.717) is 5.92 Å². The maximum absolute atomic E-state index is 10.1. The maximum atomic E-state index is 10.1. The normalized spacial score (nSPS) is 15.0. The lowest BCUT2D eigenvalue weighted by atomic mass is 9.90. The number of aryl methyl sites for hydroxylation is 1. The molecule has 0 bridgehead atoms. The van der Waals surface area contributed by atoms with Crippen LogP contribution in [0.25, 0.3) is 0 Å². The number of allylic oxidation sites excluding steroid dienone is 1. The Morgan fingerprint density at radius 1 is 1.24 bits per heavy atom. The molecule has 0 saturated carbocycles. The second kappa shape index (κ2) is 8.08. The molecule has 0 aliphatic rings. The zero-order chi connectivity index (χ0) is 12.5. The molecule has 1 aromatic carbocycles. The Morgan fingerprint density at radius 2 is 1.94 bits per heavy atom. The van der Waals surface area contributed by atoms with Crippen molar-refractivity contribution in [1.82, 2.24) is 0 Å². The van der Waals surface area contributed by atoms with E-state index in [1.54, 1.807) is 0 Å². The van der Waals surface area contributed by atoms with Crippen LogP contribution in [0.1, 0.15) is 38.7 Å². The van der Waals surface area contributed by atoms with Crippen LogP contribution >= 0.6 is 0 Å². The number of rotatable bonds is 7. The van der Waals surface area contributed by atoms with Crippen molar-refractivity contribution in [2.45, 2.75) is 45.6 Å². The van der Waals surface area contributed by atoms with Crippen LogP contribution in [0.15, 0.2) is 42.5 Å². The van der Waals surface area contributed by atoms with E-state index < -0.39 is 0 Å². The van der Waals surface area contributed by atoms with Crippen LogP contribution in [0, 0.1) is 5.92 Å². The summed E-state index contributed by atoms with van der Waals surface area (Å²) in [5, 5.41) is 10.1. The number of aliphatic hydroxyl groups is 1. The molecular weight excluding hydrogens is 208 g/mol. The molecule has 0 aliphatic heterocycles. The summed E-state index contributed by atoms with van der Waals surface area (Å²) >= 11 is 0. The minimum atomic E-state index is -0.195. The zero-order valence-corrected chi connectivity index (χ0v) is 11.0. The molecule has 0 amide bonds. The molecule has 2 atom stereocenters. The second-order valence-corrected chi connectivity index (χ2v) is 4.56. The van der Waals surface area contributed by atoms with Crippen molar-refractivity contribution in [3.8, 4) is 0 Å². The summed E-state index contributed by atoms with van der Waals surface area (Å²) < 4.78 is 0. The maximum Gasteiger partial charge on any atom is 0.0602 e. The van der Waals surface area contributed by atoms with Crippen molar-refractivity contribution >= 4 is 0 Å². The van der Waals surface area contributed by atoms with E-state index in [1.165, 1.54) is 5.56 Å². The van der Waals surface area contributed by atoms with Crippen LogP contribution in [0.5, 0.6) is 0 Å². The predicted octanol–water partition coefficient (Wildman–Crippen LogP) is 3.97.